The van der Waals surface area contributed by atoms with E-state index in [2.05, 4.69) is 10.3 Å². The Morgan fingerprint density at radius 3 is 2.48 bits per heavy atom. The van der Waals surface area contributed by atoms with Crippen molar-refractivity contribution in [1.82, 2.24) is 15.2 Å². The molecule has 4 atom stereocenters. The van der Waals surface area contributed by atoms with Crippen LogP contribution in [0.15, 0.2) is 29.8 Å². The zero-order valence-corrected chi connectivity index (χ0v) is 19.6. The van der Waals surface area contributed by atoms with Crippen LogP contribution in [0.2, 0.25) is 0 Å². The van der Waals surface area contributed by atoms with Gasteiger partial charge in [0.15, 0.2) is 0 Å². The van der Waals surface area contributed by atoms with Gasteiger partial charge in [-0.3, -0.25) is 9.59 Å². The van der Waals surface area contributed by atoms with Crippen LogP contribution < -0.4 is 11.1 Å². The number of benzene rings is 1. The fourth-order valence-corrected chi connectivity index (χ4v) is 4.56. The van der Waals surface area contributed by atoms with Crippen LogP contribution in [-0.2, 0) is 9.59 Å². The summed E-state index contributed by atoms with van der Waals surface area (Å²) in [4.78, 5) is 32.7. The number of thiazole rings is 1. The van der Waals surface area contributed by atoms with Crippen LogP contribution in [0.5, 0.6) is 0 Å². The maximum atomic E-state index is 13.0. The van der Waals surface area contributed by atoms with Crippen molar-refractivity contribution in [3.8, 4) is 10.4 Å². The van der Waals surface area contributed by atoms with Crippen LogP contribution in [0.25, 0.3) is 10.4 Å². The van der Waals surface area contributed by atoms with Gasteiger partial charge < -0.3 is 21.1 Å². The molecule has 7 nitrogen and oxygen atoms in total. The Bertz CT molecular complexity index is 935. The number of nitrogens with one attached hydrogen (secondary N) is 1. The first-order valence-electron chi connectivity index (χ1n) is 10.5. The summed E-state index contributed by atoms with van der Waals surface area (Å²) in [6, 6.07) is 6.32. The molecule has 1 fully saturated rings. The average Bonchev–Trinajstić information content (AvgIpc) is 3.31. The minimum atomic E-state index is -0.742. The number of aliphatic hydroxyl groups is 1. The summed E-state index contributed by atoms with van der Waals surface area (Å²) in [7, 11) is 0. The van der Waals surface area contributed by atoms with E-state index in [0.29, 0.717) is 0 Å². The summed E-state index contributed by atoms with van der Waals surface area (Å²) in [5.41, 5.74) is 10.6. The lowest BCUT2D eigenvalue weighted by Crippen LogP contribution is -2.55. The molecule has 0 bridgehead atoms. The van der Waals surface area contributed by atoms with E-state index in [4.69, 9.17) is 5.73 Å². The van der Waals surface area contributed by atoms with E-state index in [1.807, 2.05) is 64.4 Å². The normalized spacial score (nSPS) is 21.1. The lowest BCUT2D eigenvalue weighted by Gasteiger charge is -2.32. The van der Waals surface area contributed by atoms with Crippen molar-refractivity contribution in [3.63, 3.8) is 0 Å². The highest BCUT2D eigenvalue weighted by Gasteiger charge is 2.42. The Morgan fingerprint density at radius 2 is 1.94 bits per heavy atom. The lowest BCUT2D eigenvalue weighted by atomic mass is 9.86. The third-order valence-corrected chi connectivity index (χ3v) is 6.82. The van der Waals surface area contributed by atoms with Gasteiger partial charge in [0, 0.05) is 13.0 Å². The molecule has 1 aromatic heterocycles. The number of aliphatic hydroxyl groups excluding tert-OH is 1. The molecular formula is C23H32N4O3S. The Labute approximate surface area is 187 Å². The monoisotopic (exact) mass is 444 g/mol. The van der Waals surface area contributed by atoms with Gasteiger partial charge in [0.2, 0.25) is 11.8 Å². The van der Waals surface area contributed by atoms with Crippen molar-refractivity contribution in [2.24, 2.45) is 11.1 Å². The van der Waals surface area contributed by atoms with Crippen LogP contribution in [0.1, 0.15) is 51.4 Å². The fraction of sp³-hybridized carbons (Fsp3) is 0.522. The number of carbonyl (C=O) groups is 2. The van der Waals surface area contributed by atoms with Crippen molar-refractivity contribution in [2.75, 3.05) is 6.54 Å². The maximum absolute atomic E-state index is 13.0. The van der Waals surface area contributed by atoms with E-state index < -0.39 is 23.6 Å². The van der Waals surface area contributed by atoms with Crippen LogP contribution in [0.4, 0.5) is 0 Å². The van der Waals surface area contributed by atoms with Crippen LogP contribution >= 0.6 is 11.3 Å². The molecule has 31 heavy (non-hydrogen) atoms. The topological polar surface area (TPSA) is 109 Å². The Morgan fingerprint density at radius 1 is 1.29 bits per heavy atom. The van der Waals surface area contributed by atoms with Gasteiger partial charge in [-0.1, -0.05) is 45.0 Å². The smallest absolute Gasteiger partial charge is 0.243 e. The number of aromatic nitrogens is 1. The molecule has 168 valence electrons. The molecule has 2 heterocycles. The van der Waals surface area contributed by atoms with E-state index in [1.54, 1.807) is 11.3 Å². The summed E-state index contributed by atoms with van der Waals surface area (Å²) in [6.45, 7) is 9.67. The minimum absolute atomic E-state index is 0.123. The Hall–Kier alpha value is -2.29. The molecule has 3 rings (SSSR count). The second-order valence-electron chi connectivity index (χ2n) is 9.36. The summed E-state index contributed by atoms with van der Waals surface area (Å²) < 4.78 is 0. The molecule has 1 aliphatic heterocycles. The second-order valence-corrected chi connectivity index (χ2v) is 10.2. The number of carbonyl (C=O) groups excluding carboxylic acids is 2. The largest absolute Gasteiger partial charge is 0.391 e. The van der Waals surface area contributed by atoms with E-state index in [0.717, 1.165) is 21.7 Å². The molecule has 2 aromatic rings. The van der Waals surface area contributed by atoms with Gasteiger partial charge in [0.05, 0.1) is 34.3 Å². The van der Waals surface area contributed by atoms with Crippen molar-refractivity contribution in [3.05, 3.63) is 41.0 Å². The molecule has 2 amide bonds. The SMILES string of the molecule is Cc1ncsc1-c1ccc([C@H](C)NC(=O)[C@@H]2C[C@H](O)CN2C(=O)[C@@H](N)C(C)(C)C)cc1. The van der Waals surface area contributed by atoms with Gasteiger partial charge in [-0.05, 0) is 30.4 Å². The molecule has 0 aliphatic carbocycles. The highest BCUT2D eigenvalue weighted by Crippen LogP contribution is 2.29. The molecule has 0 spiro atoms. The number of nitrogens with zero attached hydrogens (tertiary/aromatic N) is 2. The third kappa shape index (κ3) is 5.14. The van der Waals surface area contributed by atoms with Crippen LogP contribution in [0.3, 0.4) is 0 Å². The third-order valence-electron chi connectivity index (χ3n) is 5.84. The quantitative estimate of drug-likeness (QED) is 0.657. The Balaban J connectivity index is 1.69. The molecule has 0 saturated carbocycles. The van der Waals surface area contributed by atoms with Crippen molar-refractivity contribution in [2.45, 2.75) is 65.3 Å². The molecule has 0 unspecified atom stereocenters. The van der Waals surface area contributed by atoms with Gasteiger partial charge >= 0.3 is 0 Å². The Kier molecular flexibility index (Phi) is 6.83. The van der Waals surface area contributed by atoms with Crippen molar-refractivity contribution >= 4 is 23.2 Å². The summed E-state index contributed by atoms with van der Waals surface area (Å²) >= 11 is 1.60. The van der Waals surface area contributed by atoms with E-state index >= 15 is 0 Å². The number of β-amino-alcohol motifs (C(OH)–C–C–N with tert-alkyl or cyclic N) is 1. The predicted octanol–water partition coefficient (Wildman–Crippen LogP) is 2.63. The van der Waals surface area contributed by atoms with Gasteiger partial charge in [0.1, 0.15) is 6.04 Å². The highest BCUT2D eigenvalue weighted by atomic mass is 32.1. The van der Waals surface area contributed by atoms with Gasteiger partial charge in [-0.2, -0.15) is 0 Å². The van der Waals surface area contributed by atoms with Crippen LogP contribution in [-0.4, -0.2) is 51.5 Å². The first-order valence-corrected chi connectivity index (χ1v) is 11.4. The number of aryl methyl sites for hydroxylation is 1. The lowest BCUT2D eigenvalue weighted by molar-refractivity contribution is -0.141. The number of amides is 2. The second kappa shape index (κ2) is 9.06. The molecule has 4 N–H and O–H groups in total. The predicted molar refractivity (Wildman–Crippen MR) is 122 cm³/mol. The van der Waals surface area contributed by atoms with E-state index in [9.17, 15) is 14.7 Å². The molecular weight excluding hydrogens is 412 g/mol. The first kappa shape index (κ1) is 23.4. The van der Waals surface area contributed by atoms with E-state index in [1.165, 1.54) is 4.90 Å². The molecule has 0 radical (unpaired) electrons. The zero-order chi connectivity index (χ0) is 22.9. The summed E-state index contributed by atoms with van der Waals surface area (Å²) in [6.07, 6.45) is -0.519. The standard InChI is InChI=1S/C23H32N4O3S/c1-13(15-6-8-16(9-7-15)19-14(2)25-12-31-19)26-21(29)18-10-17(28)11-27(18)22(30)20(24)23(3,4)5/h6-9,12-13,17-18,20,28H,10-11,24H2,1-5H3,(H,26,29)/t13-,17-,18-,20+/m0/s1. The van der Waals surface area contributed by atoms with E-state index in [-0.39, 0.29) is 30.8 Å². The molecule has 1 saturated heterocycles. The molecule has 8 heteroatoms. The number of rotatable bonds is 5. The van der Waals surface area contributed by atoms with Crippen molar-refractivity contribution < 1.29 is 14.7 Å². The van der Waals surface area contributed by atoms with Crippen LogP contribution in [0, 0.1) is 12.3 Å². The number of likely N-dealkylation sites (tertiary alicyclic amines) is 1. The van der Waals surface area contributed by atoms with Gasteiger partial charge in [-0.25, -0.2) is 4.98 Å². The highest BCUT2D eigenvalue weighted by molar-refractivity contribution is 7.13. The van der Waals surface area contributed by atoms with Gasteiger partial charge in [0.25, 0.3) is 0 Å². The number of hydrogen-bond acceptors (Lipinski definition) is 6. The first-order chi connectivity index (χ1) is 14.5. The molecule has 1 aliphatic rings. The average molecular weight is 445 g/mol. The fourth-order valence-electron chi connectivity index (χ4n) is 3.75. The zero-order valence-electron chi connectivity index (χ0n) is 18.8. The number of nitrogens with two attached hydrogens (primary N) is 1. The van der Waals surface area contributed by atoms with Crippen molar-refractivity contribution in [1.29, 1.82) is 0 Å². The van der Waals surface area contributed by atoms with Gasteiger partial charge in [-0.15, -0.1) is 11.3 Å². The number of hydrogen-bond donors (Lipinski definition) is 3. The maximum Gasteiger partial charge on any atom is 0.243 e. The minimum Gasteiger partial charge on any atom is -0.391 e. The summed E-state index contributed by atoms with van der Waals surface area (Å²) in [5, 5.41) is 13.1. The molecule has 1 aromatic carbocycles. The summed E-state index contributed by atoms with van der Waals surface area (Å²) in [5.74, 6) is -0.581.